The molecule has 0 spiro atoms. The lowest BCUT2D eigenvalue weighted by Crippen LogP contribution is -2.16. The number of nitrogens with one attached hydrogen (secondary N) is 2. The first kappa shape index (κ1) is 17.5. The summed E-state index contributed by atoms with van der Waals surface area (Å²) in [6, 6.07) is 6.42. The fraction of sp³-hybridized carbons (Fsp3) is 0.312. The maximum absolute atomic E-state index is 12.3. The summed E-state index contributed by atoms with van der Waals surface area (Å²) in [5, 5.41) is 6.71. The lowest BCUT2D eigenvalue weighted by Gasteiger charge is -2.08. The lowest BCUT2D eigenvalue weighted by molar-refractivity contribution is 0.102. The fourth-order valence-corrected chi connectivity index (χ4v) is 2.26. The zero-order valence-corrected chi connectivity index (χ0v) is 14.3. The Morgan fingerprint density at radius 1 is 1.22 bits per heavy atom. The van der Waals surface area contributed by atoms with Gasteiger partial charge < -0.3 is 10.6 Å². The molecule has 1 aromatic heterocycles. The van der Waals surface area contributed by atoms with Gasteiger partial charge in [0.05, 0.1) is 10.7 Å². The third kappa shape index (κ3) is 5.37. The summed E-state index contributed by atoms with van der Waals surface area (Å²) < 4.78 is 0. The Hall–Kier alpha value is -1.85. The second kappa shape index (κ2) is 8.70. The molecule has 122 valence electrons. The van der Waals surface area contributed by atoms with E-state index < -0.39 is 0 Å². The largest absolute Gasteiger partial charge is 0.354 e. The number of halogens is 2. The van der Waals surface area contributed by atoms with E-state index in [-0.39, 0.29) is 11.6 Å². The predicted molar refractivity (Wildman–Crippen MR) is 94.5 cm³/mol. The van der Waals surface area contributed by atoms with Gasteiger partial charge in [-0.05, 0) is 30.7 Å². The third-order valence-electron chi connectivity index (χ3n) is 3.13. The molecular weight excluding hydrogens is 335 g/mol. The number of anilines is 2. The van der Waals surface area contributed by atoms with Crippen LogP contribution < -0.4 is 10.6 Å². The number of rotatable bonds is 7. The van der Waals surface area contributed by atoms with Gasteiger partial charge >= 0.3 is 0 Å². The lowest BCUT2D eigenvalue weighted by atomic mass is 10.2. The Morgan fingerprint density at radius 2 is 2.04 bits per heavy atom. The first-order valence-corrected chi connectivity index (χ1v) is 8.19. The van der Waals surface area contributed by atoms with Crippen LogP contribution >= 0.6 is 23.2 Å². The average molecular weight is 353 g/mol. The molecule has 1 heterocycles. The number of amides is 1. The number of unbranched alkanes of at least 4 members (excludes halogenated alkanes) is 2. The molecule has 0 atom stereocenters. The summed E-state index contributed by atoms with van der Waals surface area (Å²) in [5.74, 6) is 0.0686. The van der Waals surface area contributed by atoms with Gasteiger partial charge in [-0.2, -0.15) is 0 Å². The molecule has 0 radical (unpaired) electrons. The van der Waals surface area contributed by atoms with Gasteiger partial charge in [0.25, 0.3) is 5.91 Å². The van der Waals surface area contributed by atoms with Crippen molar-refractivity contribution in [3.63, 3.8) is 0 Å². The van der Waals surface area contributed by atoms with Gasteiger partial charge in [0.15, 0.2) is 0 Å². The van der Waals surface area contributed by atoms with Gasteiger partial charge in [-0.25, -0.2) is 9.97 Å². The van der Waals surface area contributed by atoms with E-state index in [1.165, 1.54) is 0 Å². The Bertz CT molecular complexity index is 679. The summed E-state index contributed by atoms with van der Waals surface area (Å²) >= 11 is 11.9. The highest BCUT2D eigenvalue weighted by atomic mass is 35.5. The Labute approximate surface area is 145 Å². The Balaban J connectivity index is 2.03. The van der Waals surface area contributed by atoms with Crippen molar-refractivity contribution in [2.24, 2.45) is 0 Å². The highest BCUT2D eigenvalue weighted by Gasteiger charge is 2.11. The number of aromatic nitrogens is 2. The van der Waals surface area contributed by atoms with Crippen molar-refractivity contribution in [2.45, 2.75) is 26.2 Å². The molecule has 0 bridgehead atoms. The normalized spacial score (nSPS) is 10.4. The monoisotopic (exact) mass is 352 g/mol. The number of nitrogens with zero attached hydrogens (tertiary/aromatic N) is 2. The third-order valence-corrected chi connectivity index (χ3v) is 3.69. The van der Waals surface area contributed by atoms with E-state index in [1.54, 1.807) is 30.5 Å². The highest BCUT2D eigenvalue weighted by Crippen LogP contribution is 2.25. The van der Waals surface area contributed by atoms with Crippen LogP contribution in [0.1, 0.15) is 36.7 Å². The fourth-order valence-electron chi connectivity index (χ4n) is 1.93. The van der Waals surface area contributed by atoms with Crippen LogP contribution in [-0.4, -0.2) is 22.4 Å². The number of carbonyl (C=O) groups excluding carboxylic acids is 1. The Kier molecular flexibility index (Phi) is 6.62. The first-order chi connectivity index (χ1) is 11.1. The zero-order chi connectivity index (χ0) is 16.7. The minimum Gasteiger partial charge on any atom is -0.354 e. The molecule has 23 heavy (non-hydrogen) atoms. The molecule has 0 aliphatic rings. The van der Waals surface area contributed by atoms with Crippen LogP contribution in [0.2, 0.25) is 10.0 Å². The molecule has 2 rings (SSSR count). The van der Waals surface area contributed by atoms with Crippen LogP contribution in [0.5, 0.6) is 0 Å². The average Bonchev–Trinajstić information content (AvgIpc) is 2.55. The van der Waals surface area contributed by atoms with Gasteiger partial charge in [-0.15, -0.1) is 0 Å². The van der Waals surface area contributed by atoms with Crippen LogP contribution in [0.3, 0.4) is 0 Å². The maximum atomic E-state index is 12.3. The van der Waals surface area contributed by atoms with Crippen molar-refractivity contribution in [3.8, 4) is 0 Å². The van der Waals surface area contributed by atoms with Gasteiger partial charge in [0, 0.05) is 17.8 Å². The van der Waals surface area contributed by atoms with Crippen molar-refractivity contribution in [1.29, 1.82) is 0 Å². The van der Waals surface area contributed by atoms with Gasteiger partial charge in [0.2, 0.25) is 5.95 Å². The van der Waals surface area contributed by atoms with Crippen LogP contribution in [-0.2, 0) is 0 Å². The predicted octanol–water partition coefficient (Wildman–Crippen LogP) is 4.64. The molecule has 7 heteroatoms. The minimum absolute atomic E-state index is 0.258. The summed E-state index contributed by atoms with van der Waals surface area (Å²) in [4.78, 5) is 20.6. The van der Waals surface area contributed by atoms with E-state index in [1.807, 2.05) is 0 Å². The number of hydrogen-bond donors (Lipinski definition) is 2. The molecule has 1 amide bonds. The minimum atomic E-state index is -0.367. The molecule has 0 saturated heterocycles. The molecular formula is C16H18Cl2N4O. The van der Waals surface area contributed by atoms with E-state index in [9.17, 15) is 4.79 Å². The van der Waals surface area contributed by atoms with E-state index in [2.05, 4.69) is 27.5 Å². The summed E-state index contributed by atoms with van der Waals surface area (Å²) in [5.41, 5.74) is 0.703. The summed E-state index contributed by atoms with van der Waals surface area (Å²) in [6.45, 7) is 2.92. The van der Waals surface area contributed by atoms with E-state index in [0.29, 0.717) is 21.7 Å². The van der Waals surface area contributed by atoms with E-state index in [4.69, 9.17) is 23.2 Å². The number of benzene rings is 1. The number of carbonyl (C=O) groups is 1. The molecule has 0 saturated carbocycles. The SMILES string of the molecule is CCCCCNc1nccc(C(=O)Nc2cc(Cl)ccc2Cl)n1. The second-order valence-corrected chi connectivity index (χ2v) is 5.82. The summed E-state index contributed by atoms with van der Waals surface area (Å²) in [7, 11) is 0. The van der Waals surface area contributed by atoms with Crippen molar-refractivity contribution < 1.29 is 4.79 Å². The van der Waals surface area contributed by atoms with Gasteiger partial charge in [-0.1, -0.05) is 43.0 Å². The van der Waals surface area contributed by atoms with Crippen LogP contribution in [0.25, 0.3) is 0 Å². The molecule has 2 aromatic rings. The highest BCUT2D eigenvalue weighted by molar-refractivity contribution is 6.35. The van der Waals surface area contributed by atoms with Crippen molar-refractivity contribution in [1.82, 2.24) is 9.97 Å². The van der Waals surface area contributed by atoms with Crippen LogP contribution in [0.15, 0.2) is 30.5 Å². The van der Waals surface area contributed by atoms with Crippen molar-refractivity contribution in [2.75, 3.05) is 17.2 Å². The smallest absolute Gasteiger partial charge is 0.274 e. The van der Waals surface area contributed by atoms with E-state index in [0.717, 1.165) is 25.8 Å². The van der Waals surface area contributed by atoms with Crippen LogP contribution in [0.4, 0.5) is 11.6 Å². The van der Waals surface area contributed by atoms with Gasteiger partial charge in [-0.3, -0.25) is 4.79 Å². The maximum Gasteiger partial charge on any atom is 0.274 e. The van der Waals surface area contributed by atoms with Crippen LogP contribution in [0, 0.1) is 0 Å². The molecule has 5 nitrogen and oxygen atoms in total. The van der Waals surface area contributed by atoms with E-state index >= 15 is 0 Å². The quantitative estimate of drug-likeness (QED) is 0.712. The Morgan fingerprint density at radius 3 is 2.83 bits per heavy atom. The molecule has 0 aliphatic heterocycles. The second-order valence-electron chi connectivity index (χ2n) is 4.98. The van der Waals surface area contributed by atoms with Gasteiger partial charge in [0.1, 0.15) is 5.69 Å². The topological polar surface area (TPSA) is 66.9 Å². The standard InChI is InChI=1S/C16H18Cl2N4O/c1-2-3-4-8-19-16-20-9-7-13(22-16)15(23)21-14-10-11(17)5-6-12(14)18/h5-7,9-10H,2-4,8H2,1H3,(H,21,23)(H,19,20,22). The zero-order valence-electron chi connectivity index (χ0n) is 12.8. The molecule has 2 N–H and O–H groups in total. The molecule has 1 aromatic carbocycles. The molecule has 0 unspecified atom stereocenters. The first-order valence-electron chi connectivity index (χ1n) is 7.43. The van der Waals surface area contributed by atoms with Crippen molar-refractivity contribution >= 4 is 40.7 Å². The summed E-state index contributed by atoms with van der Waals surface area (Å²) in [6.07, 6.45) is 4.86. The molecule has 0 fully saturated rings. The van der Waals surface area contributed by atoms with Crippen molar-refractivity contribution in [3.05, 3.63) is 46.2 Å². The molecule has 0 aliphatic carbocycles. The number of hydrogen-bond acceptors (Lipinski definition) is 4.